The molecule has 0 aliphatic rings. The van der Waals surface area contributed by atoms with Crippen molar-refractivity contribution in [2.75, 3.05) is 0 Å². The van der Waals surface area contributed by atoms with Gasteiger partial charge >= 0.3 is 0 Å². The van der Waals surface area contributed by atoms with E-state index in [0.29, 0.717) is 0 Å². The first-order valence-corrected chi connectivity index (χ1v) is 8.65. The number of halogens is 1. The molecule has 1 aromatic heterocycles. The van der Waals surface area contributed by atoms with Crippen LogP contribution in [0, 0.1) is 0 Å². The second-order valence-electron chi connectivity index (χ2n) is 5.94. The van der Waals surface area contributed by atoms with Crippen LogP contribution in [0.3, 0.4) is 0 Å². The van der Waals surface area contributed by atoms with E-state index in [-0.39, 0.29) is 0 Å². The lowest BCUT2D eigenvalue weighted by atomic mass is 10.0. The number of fused-ring (bicyclic) bond motifs is 5. The Labute approximate surface area is 147 Å². The van der Waals surface area contributed by atoms with Gasteiger partial charge in [-0.1, -0.05) is 70.5 Å². The van der Waals surface area contributed by atoms with Gasteiger partial charge in [-0.2, -0.15) is 0 Å². The van der Waals surface area contributed by atoms with E-state index in [1.807, 2.05) is 12.1 Å². The van der Waals surface area contributed by atoms with Gasteiger partial charge in [-0.05, 0) is 34.4 Å². The summed E-state index contributed by atoms with van der Waals surface area (Å²) in [6, 6.07) is 25.3. The summed E-state index contributed by atoms with van der Waals surface area (Å²) in [6.07, 6.45) is 0. The summed E-state index contributed by atoms with van der Waals surface area (Å²) in [4.78, 5) is 8.32. The molecule has 0 spiro atoms. The number of benzene rings is 4. The quantitative estimate of drug-likeness (QED) is 0.343. The normalized spacial score (nSPS) is 11.5. The van der Waals surface area contributed by atoms with Gasteiger partial charge < -0.3 is 4.98 Å². The molecule has 3 heteroatoms. The number of aromatic nitrogens is 2. The van der Waals surface area contributed by atoms with Crippen molar-refractivity contribution in [2.24, 2.45) is 0 Å². The first-order chi connectivity index (χ1) is 11.8. The number of aromatic amines is 1. The maximum absolute atomic E-state index is 4.88. The zero-order valence-corrected chi connectivity index (χ0v) is 14.3. The average molecular weight is 373 g/mol. The monoisotopic (exact) mass is 372 g/mol. The average Bonchev–Trinajstić information content (AvgIpc) is 3.06. The molecule has 114 valence electrons. The van der Waals surface area contributed by atoms with Crippen molar-refractivity contribution in [2.45, 2.75) is 0 Å². The molecule has 0 radical (unpaired) electrons. The molecule has 2 nitrogen and oxygen atoms in total. The number of hydrogen-bond acceptors (Lipinski definition) is 1. The predicted molar refractivity (Wildman–Crippen MR) is 104 cm³/mol. The van der Waals surface area contributed by atoms with Crippen LogP contribution in [0.1, 0.15) is 0 Å². The number of imidazole rings is 1. The lowest BCUT2D eigenvalue weighted by Crippen LogP contribution is -1.80. The van der Waals surface area contributed by atoms with Crippen LogP contribution in [0.25, 0.3) is 44.0 Å². The van der Waals surface area contributed by atoms with Crippen molar-refractivity contribution in [3.8, 4) is 11.4 Å². The number of hydrogen-bond donors (Lipinski definition) is 1. The lowest BCUT2D eigenvalue weighted by Gasteiger charge is -2.03. The third-order valence-corrected chi connectivity index (χ3v) is 5.02. The fraction of sp³-hybridized carbons (Fsp3) is 0. The summed E-state index contributed by atoms with van der Waals surface area (Å²) >= 11 is 3.48. The van der Waals surface area contributed by atoms with Gasteiger partial charge in [-0.25, -0.2) is 4.98 Å². The number of H-pyrrole nitrogens is 1. The third-order valence-electron chi connectivity index (χ3n) is 4.49. The minimum atomic E-state index is 0.901. The fourth-order valence-corrected chi connectivity index (χ4v) is 3.57. The highest BCUT2D eigenvalue weighted by Crippen LogP contribution is 2.31. The highest BCUT2D eigenvalue weighted by Gasteiger charge is 2.10. The van der Waals surface area contributed by atoms with Crippen LogP contribution in [0.4, 0.5) is 0 Å². The topological polar surface area (TPSA) is 28.7 Å². The molecule has 0 aliphatic heterocycles. The first-order valence-electron chi connectivity index (χ1n) is 7.86. The van der Waals surface area contributed by atoms with Crippen LogP contribution in [0.5, 0.6) is 0 Å². The van der Waals surface area contributed by atoms with Gasteiger partial charge in [0.1, 0.15) is 5.82 Å². The number of nitrogens with zero attached hydrogens (tertiary/aromatic N) is 1. The van der Waals surface area contributed by atoms with E-state index in [1.54, 1.807) is 0 Å². The van der Waals surface area contributed by atoms with Crippen molar-refractivity contribution in [3.05, 3.63) is 77.3 Å². The maximum Gasteiger partial charge on any atom is 0.138 e. The Balaban J connectivity index is 1.81. The number of rotatable bonds is 1. The van der Waals surface area contributed by atoms with Crippen LogP contribution < -0.4 is 0 Å². The molecule has 0 aliphatic carbocycles. The molecule has 0 unspecified atom stereocenters. The van der Waals surface area contributed by atoms with E-state index < -0.39 is 0 Å². The van der Waals surface area contributed by atoms with Crippen molar-refractivity contribution in [3.63, 3.8) is 0 Å². The molecule has 1 heterocycles. The summed E-state index contributed by atoms with van der Waals surface area (Å²) in [5, 5.41) is 4.96. The van der Waals surface area contributed by atoms with E-state index in [2.05, 4.69) is 81.6 Å². The minimum Gasteiger partial charge on any atom is -0.338 e. The summed E-state index contributed by atoms with van der Waals surface area (Å²) in [6.45, 7) is 0. The van der Waals surface area contributed by atoms with Gasteiger partial charge in [-0.3, -0.25) is 0 Å². The number of nitrogens with one attached hydrogen (secondary N) is 1. The Kier molecular flexibility index (Phi) is 2.97. The fourth-order valence-electron chi connectivity index (χ4n) is 3.31. The van der Waals surface area contributed by atoms with E-state index in [9.17, 15) is 0 Å². The zero-order chi connectivity index (χ0) is 16.1. The van der Waals surface area contributed by atoms with Crippen LogP contribution in [0.15, 0.2) is 77.3 Å². The summed E-state index contributed by atoms with van der Waals surface area (Å²) in [5.74, 6) is 0.901. The molecule has 5 rings (SSSR count). The van der Waals surface area contributed by atoms with Gasteiger partial charge in [0.05, 0.1) is 11.0 Å². The molecule has 24 heavy (non-hydrogen) atoms. The smallest absolute Gasteiger partial charge is 0.138 e. The molecule has 5 aromatic rings. The first kappa shape index (κ1) is 13.8. The molecule has 1 N–H and O–H groups in total. The molecule has 0 amide bonds. The molecule has 0 fully saturated rings. The zero-order valence-electron chi connectivity index (χ0n) is 12.8. The maximum atomic E-state index is 4.88. The predicted octanol–water partition coefficient (Wildman–Crippen LogP) is 6.30. The Hall–Kier alpha value is -2.65. The highest BCUT2D eigenvalue weighted by atomic mass is 79.9. The minimum absolute atomic E-state index is 0.901. The SMILES string of the molecule is Brc1ccc(-c2nc3c(ccc4c5ccccc5ccc43)[nH]2)cc1. The molecular weight excluding hydrogens is 360 g/mol. The summed E-state index contributed by atoms with van der Waals surface area (Å²) in [7, 11) is 0. The molecule has 0 saturated carbocycles. The van der Waals surface area contributed by atoms with Crippen molar-refractivity contribution >= 4 is 48.5 Å². The lowest BCUT2D eigenvalue weighted by molar-refractivity contribution is 1.34. The van der Waals surface area contributed by atoms with E-state index in [1.165, 1.54) is 21.5 Å². The molecule has 0 saturated heterocycles. The standard InChI is InChI=1S/C21H13BrN2/c22-15-8-5-14(6-9-15)21-23-19-12-11-17-16-4-2-1-3-13(16)7-10-18(17)20(19)24-21/h1-12H,(H,23,24). The van der Waals surface area contributed by atoms with Gasteiger partial charge in [0.15, 0.2) is 0 Å². The van der Waals surface area contributed by atoms with E-state index in [0.717, 1.165) is 26.9 Å². The van der Waals surface area contributed by atoms with Crippen molar-refractivity contribution < 1.29 is 0 Å². The Bertz CT molecular complexity index is 1200. The molecule has 0 atom stereocenters. The van der Waals surface area contributed by atoms with E-state index in [4.69, 9.17) is 4.98 Å². The second kappa shape index (κ2) is 5.18. The summed E-state index contributed by atoms with van der Waals surface area (Å²) in [5.41, 5.74) is 3.18. The molecular formula is C21H13BrN2. The van der Waals surface area contributed by atoms with Gasteiger partial charge in [-0.15, -0.1) is 0 Å². The van der Waals surface area contributed by atoms with Crippen LogP contribution >= 0.6 is 15.9 Å². The van der Waals surface area contributed by atoms with Crippen LogP contribution in [0.2, 0.25) is 0 Å². The second-order valence-corrected chi connectivity index (χ2v) is 6.85. The van der Waals surface area contributed by atoms with Gasteiger partial charge in [0.2, 0.25) is 0 Å². The molecule has 4 aromatic carbocycles. The molecule has 0 bridgehead atoms. The van der Waals surface area contributed by atoms with Crippen LogP contribution in [-0.4, -0.2) is 9.97 Å². The summed E-state index contributed by atoms with van der Waals surface area (Å²) < 4.78 is 1.07. The Morgan fingerprint density at radius 3 is 2.38 bits per heavy atom. The van der Waals surface area contributed by atoms with Crippen molar-refractivity contribution in [1.29, 1.82) is 0 Å². The highest BCUT2D eigenvalue weighted by molar-refractivity contribution is 9.10. The van der Waals surface area contributed by atoms with Crippen molar-refractivity contribution in [1.82, 2.24) is 9.97 Å². The third kappa shape index (κ3) is 2.05. The van der Waals surface area contributed by atoms with Gasteiger partial charge in [0.25, 0.3) is 0 Å². The van der Waals surface area contributed by atoms with E-state index >= 15 is 0 Å². The Morgan fingerprint density at radius 2 is 1.50 bits per heavy atom. The largest absolute Gasteiger partial charge is 0.338 e. The van der Waals surface area contributed by atoms with Crippen LogP contribution in [-0.2, 0) is 0 Å². The Morgan fingerprint density at radius 1 is 0.708 bits per heavy atom. The van der Waals surface area contributed by atoms with Gasteiger partial charge in [0, 0.05) is 15.4 Å².